The Morgan fingerprint density at radius 2 is 1.69 bits per heavy atom. The summed E-state index contributed by atoms with van der Waals surface area (Å²) in [6.45, 7) is 1.83. The van der Waals surface area contributed by atoms with Crippen molar-refractivity contribution in [1.29, 1.82) is 0 Å². The lowest BCUT2D eigenvalue weighted by molar-refractivity contribution is -0.132. The summed E-state index contributed by atoms with van der Waals surface area (Å²) in [7, 11) is 0. The third-order valence-corrected chi connectivity index (χ3v) is 5.02. The Morgan fingerprint density at radius 1 is 1.00 bits per heavy atom. The maximum absolute atomic E-state index is 13.5. The van der Waals surface area contributed by atoms with Crippen LogP contribution >= 0.6 is 11.6 Å². The number of amides is 2. The van der Waals surface area contributed by atoms with Gasteiger partial charge in [0.2, 0.25) is 5.91 Å². The first kappa shape index (κ1) is 21.0. The Labute approximate surface area is 172 Å². The Kier molecular flexibility index (Phi) is 7.04. The zero-order valence-corrected chi connectivity index (χ0v) is 16.5. The zero-order chi connectivity index (χ0) is 20.8. The van der Waals surface area contributed by atoms with Gasteiger partial charge in [0.15, 0.2) is 11.6 Å². The maximum Gasteiger partial charge on any atom is 0.255 e. The second-order valence-corrected chi connectivity index (χ2v) is 7.09. The fraction of sp³-hybridized carbons (Fsp3) is 0.333. The standard InChI is InChI=1S/C21H21ClF2N2O3/c22-17-14-15(23)7-8-16(17)21(28)26-11-9-25(10-12-26)20(27)6-3-13-29-19-5-2-1-4-18(19)24/h1-2,4-5,7-8,14H,3,6,9-13H2. The summed E-state index contributed by atoms with van der Waals surface area (Å²) in [6.07, 6.45) is 0.754. The molecule has 0 bridgehead atoms. The van der Waals surface area contributed by atoms with Gasteiger partial charge in [-0.25, -0.2) is 8.78 Å². The van der Waals surface area contributed by atoms with Gasteiger partial charge < -0.3 is 14.5 Å². The maximum atomic E-state index is 13.5. The lowest BCUT2D eigenvalue weighted by Crippen LogP contribution is -2.50. The van der Waals surface area contributed by atoms with E-state index < -0.39 is 11.6 Å². The van der Waals surface area contributed by atoms with Crippen molar-refractivity contribution in [3.63, 3.8) is 0 Å². The van der Waals surface area contributed by atoms with Gasteiger partial charge in [-0.15, -0.1) is 0 Å². The first-order valence-electron chi connectivity index (χ1n) is 9.35. The summed E-state index contributed by atoms with van der Waals surface area (Å²) in [6, 6.07) is 9.80. The molecule has 2 amide bonds. The molecule has 0 aromatic heterocycles. The Bertz CT molecular complexity index is 886. The number of carbonyl (C=O) groups excluding carboxylic acids is 2. The molecule has 0 saturated carbocycles. The first-order chi connectivity index (χ1) is 14.0. The van der Waals surface area contributed by atoms with Crippen LogP contribution in [0.5, 0.6) is 5.75 Å². The number of nitrogens with zero attached hydrogens (tertiary/aromatic N) is 2. The third kappa shape index (κ3) is 5.44. The normalized spacial score (nSPS) is 14.0. The summed E-state index contributed by atoms with van der Waals surface area (Å²) in [5.74, 6) is -1.07. The van der Waals surface area contributed by atoms with Crippen LogP contribution in [-0.2, 0) is 4.79 Å². The minimum Gasteiger partial charge on any atom is -0.491 e. The Morgan fingerprint density at radius 3 is 2.38 bits per heavy atom. The van der Waals surface area contributed by atoms with E-state index in [2.05, 4.69) is 0 Å². The molecule has 0 unspecified atom stereocenters. The van der Waals surface area contributed by atoms with Crippen LogP contribution in [0.15, 0.2) is 42.5 Å². The fourth-order valence-corrected chi connectivity index (χ4v) is 3.37. The molecule has 1 saturated heterocycles. The molecule has 0 aliphatic carbocycles. The van der Waals surface area contributed by atoms with Gasteiger partial charge in [-0.05, 0) is 36.8 Å². The monoisotopic (exact) mass is 422 g/mol. The van der Waals surface area contributed by atoms with E-state index in [9.17, 15) is 18.4 Å². The second kappa shape index (κ2) is 9.69. The van der Waals surface area contributed by atoms with Crippen LogP contribution in [0.1, 0.15) is 23.2 Å². The molecule has 2 aromatic rings. The number of benzene rings is 2. The summed E-state index contributed by atoms with van der Waals surface area (Å²) < 4.78 is 32.0. The summed E-state index contributed by atoms with van der Waals surface area (Å²) in [5, 5.41) is 0.0726. The number of halogens is 3. The lowest BCUT2D eigenvalue weighted by Gasteiger charge is -2.35. The van der Waals surface area contributed by atoms with Gasteiger partial charge in [0.1, 0.15) is 5.82 Å². The molecule has 1 aliphatic heterocycles. The number of piperazine rings is 1. The predicted molar refractivity (Wildman–Crippen MR) is 105 cm³/mol. The van der Waals surface area contributed by atoms with Crippen LogP contribution < -0.4 is 4.74 Å². The summed E-state index contributed by atoms with van der Waals surface area (Å²) in [5.41, 5.74) is 0.248. The van der Waals surface area contributed by atoms with Gasteiger partial charge in [0, 0.05) is 32.6 Å². The fourth-order valence-electron chi connectivity index (χ4n) is 3.12. The molecule has 0 radical (unpaired) electrons. The van der Waals surface area contributed by atoms with Crippen molar-refractivity contribution in [2.45, 2.75) is 12.8 Å². The van der Waals surface area contributed by atoms with E-state index in [4.69, 9.17) is 16.3 Å². The van der Waals surface area contributed by atoms with Crippen molar-refractivity contribution in [3.05, 3.63) is 64.7 Å². The zero-order valence-electron chi connectivity index (χ0n) is 15.7. The van der Waals surface area contributed by atoms with Crippen LogP contribution in [0.2, 0.25) is 5.02 Å². The molecule has 5 nitrogen and oxygen atoms in total. The van der Waals surface area contributed by atoms with Crippen LogP contribution in [-0.4, -0.2) is 54.4 Å². The third-order valence-electron chi connectivity index (χ3n) is 4.71. The van der Waals surface area contributed by atoms with Gasteiger partial charge in [-0.1, -0.05) is 23.7 Å². The number of hydrogen-bond acceptors (Lipinski definition) is 3. The van der Waals surface area contributed by atoms with Crippen molar-refractivity contribution in [1.82, 2.24) is 9.80 Å². The summed E-state index contributed by atoms with van der Waals surface area (Å²) in [4.78, 5) is 28.2. The number of para-hydroxylation sites is 1. The highest BCUT2D eigenvalue weighted by molar-refractivity contribution is 6.33. The van der Waals surface area contributed by atoms with E-state index in [1.54, 1.807) is 28.0 Å². The highest BCUT2D eigenvalue weighted by Gasteiger charge is 2.25. The SMILES string of the molecule is O=C(CCCOc1ccccc1F)N1CCN(C(=O)c2ccc(F)cc2Cl)CC1. The highest BCUT2D eigenvalue weighted by Crippen LogP contribution is 2.20. The molecule has 154 valence electrons. The van der Waals surface area contributed by atoms with Gasteiger partial charge in [-0.2, -0.15) is 0 Å². The molecule has 0 spiro atoms. The predicted octanol–water partition coefficient (Wildman–Crippen LogP) is 3.76. The minimum atomic E-state index is -0.499. The molecule has 1 fully saturated rings. The van der Waals surface area contributed by atoms with Crippen molar-refractivity contribution >= 4 is 23.4 Å². The van der Waals surface area contributed by atoms with E-state index in [0.717, 1.165) is 6.07 Å². The summed E-state index contributed by atoms with van der Waals surface area (Å²) >= 11 is 5.96. The molecule has 1 heterocycles. The van der Waals surface area contributed by atoms with E-state index in [1.807, 2.05) is 0 Å². The molecule has 0 N–H and O–H groups in total. The van der Waals surface area contributed by atoms with Gasteiger partial charge >= 0.3 is 0 Å². The number of ether oxygens (including phenoxy) is 1. The Hall–Kier alpha value is -2.67. The molecule has 1 aliphatic rings. The van der Waals surface area contributed by atoms with Crippen LogP contribution in [0, 0.1) is 11.6 Å². The average molecular weight is 423 g/mol. The number of rotatable bonds is 6. The van der Waals surface area contributed by atoms with Crippen molar-refractivity contribution < 1.29 is 23.1 Å². The molecular weight excluding hydrogens is 402 g/mol. The van der Waals surface area contributed by atoms with Crippen LogP contribution in [0.25, 0.3) is 0 Å². The van der Waals surface area contributed by atoms with Crippen molar-refractivity contribution in [2.24, 2.45) is 0 Å². The molecule has 3 rings (SSSR count). The number of hydrogen-bond donors (Lipinski definition) is 0. The molecule has 0 atom stereocenters. The molecule has 8 heteroatoms. The van der Waals surface area contributed by atoms with Gasteiger partial charge in [-0.3, -0.25) is 9.59 Å². The van der Waals surface area contributed by atoms with Crippen molar-refractivity contribution in [2.75, 3.05) is 32.8 Å². The van der Waals surface area contributed by atoms with Crippen LogP contribution in [0.3, 0.4) is 0 Å². The quantitative estimate of drug-likeness (QED) is 0.666. The van der Waals surface area contributed by atoms with E-state index in [1.165, 1.54) is 18.2 Å². The minimum absolute atomic E-state index is 0.0333. The van der Waals surface area contributed by atoms with Crippen LogP contribution in [0.4, 0.5) is 8.78 Å². The average Bonchev–Trinajstić information content (AvgIpc) is 2.72. The van der Waals surface area contributed by atoms with Gasteiger partial charge in [0.05, 0.1) is 17.2 Å². The smallest absolute Gasteiger partial charge is 0.255 e. The topological polar surface area (TPSA) is 49.9 Å². The Balaban J connectivity index is 1.42. The van der Waals surface area contributed by atoms with E-state index in [-0.39, 0.29) is 41.2 Å². The lowest BCUT2D eigenvalue weighted by atomic mass is 10.1. The van der Waals surface area contributed by atoms with Gasteiger partial charge in [0.25, 0.3) is 5.91 Å². The van der Waals surface area contributed by atoms with Crippen molar-refractivity contribution in [3.8, 4) is 5.75 Å². The highest BCUT2D eigenvalue weighted by atomic mass is 35.5. The first-order valence-corrected chi connectivity index (χ1v) is 9.73. The van der Waals surface area contributed by atoms with E-state index >= 15 is 0 Å². The molecular formula is C21H21ClF2N2O3. The second-order valence-electron chi connectivity index (χ2n) is 6.68. The molecule has 29 heavy (non-hydrogen) atoms. The largest absolute Gasteiger partial charge is 0.491 e. The van der Waals surface area contributed by atoms with E-state index in [0.29, 0.717) is 32.6 Å². The number of carbonyl (C=O) groups is 2. The molecule has 2 aromatic carbocycles.